The highest BCUT2D eigenvalue weighted by atomic mass is 32.1. The smallest absolute Gasteiger partial charge is 0.193 e. The van der Waals surface area contributed by atoms with Gasteiger partial charge in [-0.25, -0.2) is 0 Å². The first-order chi connectivity index (χ1) is 8.33. The van der Waals surface area contributed by atoms with Crippen LogP contribution in [0.3, 0.4) is 0 Å². The van der Waals surface area contributed by atoms with Gasteiger partial charge in [0.15, 0.2) is 5.78 Å². The number of ether oxygens (including phenoxy) is 1. The van der Waals surface area contributed by atoms with E-state index < -0.39 is 0 Å². The van der Waals surface area contributed by atoms with Crippen LogP contribution in [0.15, 0.2) is 41.1 Å². The molecule has 3 rings (SSSR count). The molecule has 17 heavy (non-hydrogen) atoms. The lowest BCUT2D eigenvalue weighted by atomic mass is 10.1. The van der Waals surface area contributed by atoms with E-state index >= 15 is 0 Å². The molecule has 1 saturated carbocycles. The van der Waals surface area contributed by atoms with Crippen LogP contribution in [0, 0.1) is 0 Å². The lowest BCUT2D eigenvalue weighted by molar-refractivity contribution is 0.103. The van der Waals surface area contributed by atoms with E-state index in [2.05, 4.69) is 0 Å². The molecule has 0 atom stereocenters. The molecule has 0 radical (unpaired) electrons. The summed E-state index contributed by atoms with van der Waals surface area (Å²) in [6.45, 7) is 0. The molecule has 0 N–H and O–H groups in total. The average Bonchev–Trinajstić information content (AvgIpc) is 3.00. The summed E-state index contributed by atoms with van der Waals surface area (Å²) in [7, 11) is 0. The molecule has 0 amide bonds. The fourth-order valence-corrected chi connectivity index (χ4v) is 2.26. The van der Waals surface area contributed by atoms with Gasteiger partial charge in [0.2, 0.25) is 0 Å². The quantitative estimate of drug-likeness (QED) is 0.769. The van der Waals surface area contributed by atoms with Crippen molar-refractivity contribution in [2.75, 3.05) is 0 Å². The molecule has 0 unspecified atom stereocenters. The topological polar surface area (TPSA) is 26.3 Å². The van der Waals surface area contributed by atoms with Crippen molar-refractivity contribution >= 4 is 17.1 Å². The standard InChI is InChI=1S/C14H12O2S/c15-14(11-7-8-17-9-11)10-1-3-12(4-2-10)16-13-5-6-13/h1-4,7-9,13H,5-6H2. The Balaban J connectivity index is 1.77. The van der Waals surface area contributed by atoms with Gasteiger partial charge in [-0.3, -0.25) is 4.79 Å². The number of ketones is 1. The third-order valence-corrected chi connectivity index (χ3v) is 3.41. The minimum absolute atomic E-state index is 0.0734. The van der Waals surface area contributed by atoms with Gasteiger partial charge < -0.3 is 4.74 Å². The summed E-state index contributed by atoms with van der Waals surface area (Å²) >= 11 is 1.54. The molecule has 1 aliphatic carbocycles. The summed E-state index contributed by atoms with van der Waals surface area (Å²) in [6.07, 6.45) is 2.69. The van der Waals surface area contributed by atoms with E-state index in [1.807, 2.05) is 41.1 Å². The Hall–Kier alpha value is -1.61. The highest BCUT2D eigenvalue weighted by Crippen LogP contribution is 2.27. The zero-order valence-corrected chi connectivity index (χ0v) is 10.1. The number of hydrogen-bond acceptors (Lipinski definition) is 3. The average molecular weight is 244 g/mol. The number of carbonyl (C=O) groups is 1. The second kappa shape index (κ2) is 4.34. The Morgan fingerprint density at radius 2 is 1.88 bits per heavy atom. The van der Waals surface area contributed by atoms with Crippen LogP contribution in [0.1, 0.15) is 28.8 Å². The lowest BCUT2D eigenvalue weighted by Gasteiger charge is -2.04. The summed E-state index contributed by atoms with van der Waals surface area (Å²) in [5, 5.41) is 3.79. The minimum atomic E-state index is 0.0734. The summed E-state index contributed by atoms with van der Waals surface area (Å²) < 4.78 is 5.64. The van der Waals surface area contributed by atoms with Crippen LogP contribution in [0.5, 0.6) is 5.75 Å². The molecule has 1 aromatic heterocycles. The first-order valence-electron chi connectivity index (χ1n) is 5.66. The van der Waals surface area contributed by atoms with Gasteiger partial charge in [-0.15, -0.1) is 0 Å². The van der Waals surface area contributed by atoms with Gasteiger partial charge in [0.1, 0.15) is 5.75 Å². The van der Waals surface area contributed by atoms with Crippen LogP contribution in [0.2, 0.25) is 0 Å². The van der Waals surface area contributed by atoms with Gasteiger partial charge >= 0.3 is 0 Å². The molecular weight excluding hydrogens is 232 g/mol. The Labute approximate surface area is 104 Å². The molecule has 86 valence electrons. The van der Waals surface area contributed by atoms with Gasteiger partial charge in [0.05, 0.1) is 6.10 Å². The Morgan fingerprint density at radius 1 is 1.12 bits per heavy atom. The molecule has 0 bridgehead atoms. The molecule has 1 aromatic carbocycles. The first-order valence-corrected chi connectivity index (χ1v) is 6.61. The largest absolute Gasteiger partial charge is 0.490 e. The van der Waals surface area contributed by atoms with Crippen LogP contribution >= 0.6 is 11.3 Å². The maximum Gasteiger partial charge on any atom is 0.193 e. The third-order valence-electron chi connectivity index (χ3n) is 2.73. The van der Waals surface area contributed by atoms with Crippen molar-refractivity contribution in [3.8, 4) is 5.75 Å². The van der Waals surface area contributed by atoms with Gasteiger partial charge in [-0.1, -0.05) is 0 Å². The fourth-order valence-electron chi connectivity index (χ4n) is 1.62. The van der Waals surface area contributed by atoms with Crippen LogP contribution in [0.4, 0.5) is 0 Å². The summed E-state index contributed by atoms with van der Waals surface area (Å²) in [5.41, 5.74) is 1.47. The molecule has 0 saturated heterocycles. The van der Waals surface area contributed by atoms with Gasteiger partial charge in [-0.05, 0) is 48.6 Å². The van der Waals surface area contributed by atoms with Crippen LogP contribution in [0.25, 0.3) is 0 Å². The maximum atomic E-state index is 12.0. The van der Waals surface area contributed by atoms with E-state index in [0.717, 1.165) is 24.2 Å². The Kier molecular flexibility index (Phi) is 2.69. The summed E-state index contributed by atoms with van der Waals surface area (Å²) in [5.74, 6) is 0.929. The van der Waals surface area contributed by atoms with Gasteiger partial charge in [-0.2, -0.15) is 11.3 Å². The van der Waals surface area contributed by atoms with Crippen molar-refractivity contribution in [3.05, 3.63) is 52.2 Å². The van der Waals surface area contributed by atoms with Crippen LogP contribution in [-0.4, -0.2) is 11.9 Å². The van der Waals surface area contributed by atoms with Crippen molar-refractivity contribution in [2.24, 2.45) is 0 Å². The lowest BCUT2D eigenvalue weighted by Crippen LogP contribution is -2.00. The van der Waals surface area contributed by atoms with E-state index in [1.54, 1.807) is 0 Å². The molecule has 1 aliphatic rings. The summed E-state index contributed by atoms with van der Waals surface area (Å²) in [4.78, 5) is 12.0. The highest BCUT2D eigenvalue weighted by Gasteiger charge is 2.23. The molecule has 0 aliphatic heterocycles. The monoisotopic (exact) mass is 244 g/mol. The number of benzene rings is 1. The maximum absolute atomic E-state index is 12.0. The van der Waals surface area contributed by atoms with Crippen molar-refractivity contribution in [3.63, 3.8) is 0 Å². The molecule has 0 spiro atoms. The third kappa shape index (κ3) is 2.39. The normalized spacial score (nSPS) is 14.6. The number of carbonyl (C=O) groups excluding carboxylic acids is 1. The van der Waals surface area contributed by atoms with Crippen molar-refractivity contribution in [2.45, 2.75) is 18.9 Å². The Morgan fingerprint density at radius 3 is 2.47 bits per heavy atom. The number of hydrogen-bond donors (Lipinski definition) is 0. The highest BCUT2D eigenvalue weighted by molar-refractivity contribution is 7.08. The van der Waals surface area contributed by atoms with E-state index in [9.17, 15) is 4.79 Å². The SMILES string of the molecule is O=C(c1ccc(OC2CC2)cc1)c1ccsc1. The zero-order chi connectivity index (χ0) is 11.7. The number of rotatable bonds is 4. The molecular formula is C14H12O2S. The van der Waals surface area contributed by atoms with Crippen LogP contribution in [-0.2, 0) is 0 Å². The Bertz CT molecular complexity index is 510. The zero-order valence-electron chi connectivity index (χ0n) is 9.26. The van der Waals surface area contributed by atoms with Crippen molar-refractivity contribution < 1.29 is 9.53 Å². The fraction of sp³-hybridized carbons (Fsp3) is 0.214. The van der Waals surface area contributed by atoms with Gasteiger partial charge in [0.25, 0.3) is 0 Å². The predicted octanol–water partition coefficient (Wildman–Crippen LogP) is 3.52. The minimum Gasteiger partial charge on any atom is -0.490 e. The first kappa shape index (κ1) is 10.5. The van der Waals surface area contributed by atoms with Crippen molar-refractivity contribution in [1.82, 2.24) is 0 Å². The summed E-state index contributed by atoms with van der Waals surface area (Å²) in [6, 6.07) is 9.26. The van der Waals surface area contributed by atoms with E-state index in [-0.39, 0.29) is 5.78 Å². The van der Waals surface area contributed by atoms with E-state index in [1.165, 1.54) is 11.3 Å². The van der Waals surface area contributed by atoms with E-state index in [0.29, 0.717) is 11.7 Å². The molecule has 2 aromatic rings. The number of thiophene rings is 1. The van der Waals surface area contributed by atoms with Crippen LogP contribution < -0.4 is 4.74 Å². The second-order valence-corrected chi connectivity index (χ2v) is 4.96. The van der Waals surface area contributed by atoms with Gasteiger partial charge in [0, 0.05) is 16.5 Å². The molecule has 1 fully saturated rings. The van der Waals surface area contributed by atoms with Crippen molar-refractivity contribution in [1.29, 1.82) is 0 Å². The molecule has 1 heterocycles. The second-order valence-electron chi connectivity index (χ2n) is 4.18. The molecule has 2 nitrogen and oxygen atoms in total. The van der Waals surface area contributed by atoms with E-state index in [4.69, 9.17) is 4.74 Å². The molecule has 3 heteroatoms. The predicted molar refractivity (Wildman–Crippen MR) is 67.8 cm³/mol.